The van der Waals surface area contributed by atoms with Gasteiger partial charge in [0.05, 0.1) is 8.07 Å². The third kappa shape index (κ3) is 5.15. The monoisotopic (exact) mass is 258 g/mol. The van der Waals surface area contributed by atoms with Crippen LogP contribution in [0.4, 0.5) is 0 Å². The largest absolute Gasteiger partial charge is 0.418 e. The summed E-state index contributed by atoms with van der Waals surface area (Å²) in [5, 5.41) is 0. The molecule has 0 aromatic rings. The van der Waals surface area contributed by atoms with E-state index in [0.29, 0.717) is 0 Å². The van der Waals surface area contributed by atoms with Crippen LogP contribution in [0.5, 0.6) is 0 Å². The summed E-state index contributed by atoms with van der Waals surface area (Å²) >= 11 is 0. The molecule has 0 aliphatic heterocycles. The van der Waals surface area contributed by atoms with E-state index in [1.165, 1.54) is 38.1 Å². The van der Waals surface area contributed by atoms with Crippen molar-refractivity contribution in [2.75, 3.05) is 6.61 Å². The number of rotatable bonds is 6. The van der Waals surface area contributed by atoms with Crippen LogP contribution in [0.1, 0.15) is 32.1 Å². The molecule has 1 saturated carbocycles. The summed E-state index contributed by atoms with van der Waals surface area (Å²) in [6.45, 7) is 13.1. The second-order valence-electron chi connectivity index (χ2n) is 7.03. The SMILES string of the molecule is C[Si](C)(C)OCCC[Si](C)(C)C1CCCC1. The van der Waals surface area contributed by atoms with Crippen LogP contribution in [0.15, 0.2) is 0 Å². The molecule has 1 fully saturated rings. The van der Waals surface area contributed by atoms with Gasteiger partial charge in [0.25, 0.3) is 0 Å². The zero-order valence-electron chi connectivity index (χ0n) is 11.9. The molecule has 1 aliphatic carbocycles. The Morgan fingerprint density at radius 3 is 2.06 bits per heavy atom. The average Bonchev–Trinajstić information content (AvgIpc) is 2.64. The van der Waals surface area contributed by atoms with Crippen LogP contribution in [0, 0.1) is 0 Å². The first-order chi connectivity index (χ1) is 7.31. The third-order valence-electron chi connectivity index (χ3n) is 3.96. The third-order valence-corrected chi connectivity index (χ3v) is 9.46. The standard InChI is InChI=1S/C13H30OSi2/c1-15(2,3)14-11-8-12-16(4,5)13-9-6-7-10-13/h13H,6-12H2,1-5H3. The second kappa shape index (κ2) is 5.83. The van der Waals surface area contributed by atoms with Crippen LogP contribution in [0.25, 0.3) is 0 Å². The van der Waals surface area contributed by atoms with E-state index < -0.39 is 16.4 Å². The van der Waals surface area contributed by atoms with E-state index in [2.05, 4.69) is 32.7 Å². The van der Waals surface area contributed by atoms with Crippen LogP contribution in [-0.2, 0) is 4.43 Å². The van der Waals surface area contributed by atoms with Crippen molar-refractivity contribution in [3.05, 3.63) is 0 Å². The maximum Gasteiger partial charge on any atom is 0.183 e. The van der Waals surface area contributed by atoms with Crippen LogP contribution < -0.4 is 0 Å². The molecule has 0 aromatic heterocycles. The van der Waals surface area contributed by atoms with Gasteiger partial charge in [-0.3, -0.25) is 0 Å². The van der Waals surface area contributed by atoms with Gasteiger partial charge in [-0.25, -0.2) is 0 Å². The summed E-state index contributed by atoms with van der Waals surface area (Å²) < 4.78 is 5.95. The molecule has 0 atom stereocenters. The molecule has 0 radical (unpaired) electrons. The molecule has 0 heterocycles. The molecule has 1 nitrogen and oxygen atoms in total. The van der Waals surface area contributed by atoms with Gasteiger partial charge >= 0.3 is 0 Å². The summed E-state index contributed by atoms with van der Waals surface area (Å²) in [4.78, 5) is 0. The molecule has 3 heteroatoms. The van der Waals surface area contributed by atoms with Gasteiger partial charge in [-0.1, -0.05) is 44.8 Å². The van der Waals surface area contributed by atoms with Gasteiger partial charge in [0, 0.05) is 6.61 Å². The van der Waals surface area contributed by atoms with Gasteiger partial charge in [0.15, 0.2) is 8.32 Å². The highest BCUT2D eigenvalue weighted by Crippen LogP contribution is 2.40. The summed E-state index contributed by atoms with van der Waals surface area (Å²) in [7, 11) is -2.20. The Hall–Kier alpha value is 0.394. The normalized spacial score (nSPS) is 19.3. The molecule has 0 unspecified atom stereocenters. The highest BCUT2D eigenvalue weighted by Gasteiger charge is 2.33. The fourth-order valence-electron chi connectivity index (χ4n) is 2.82. The Kier molecular flexibility index (Phi) is 5.26. The predicted molar refractivity (Wildman–Crippen MR) is 78.4 cm³/mol. The van der Waals surface area contributed by atoms with E-state index in [-0.39, 0.29) is 0 Å². The van der Waals surface area contributed by atoms with Gasteiger partial charge in [0.2, 0.25) is 0 Å². The minimum atomic E-state index is -1.27. The zero-order chi connectivity index (χ0) is 12.2. The van der Waals surface area contributed by atoms with Crippen molar-refractivity contribution in [3.8, 4) is 0 Å². The topological polar surface area (TPSA) is 9.23 Å². The van der Waals surface area contributed by atoms with Crippen molar-refractivity contribution in [2.45, 2.75) is 76.4 Å². The van der Waals surface area contributed by atoms with E-state index in [1.807, 2.05) is 0 Å². The van der Waals surface area contributed by atoms with Crippen molar-refractivity contribution < 1.29 is 4.43 Å². The highest BCUT2D eigenvalue weighted by atomic mass is 28.4. The minimum absolute atomic E-state index is 0.931. The van der Waals surface area contributed by atoms with Gasteiger partial charge < -0.3 is 4.43 Å². The Morgan fingerprint density at radius 1 is 1.00 bits per heavy atom. The maximum atomic E-state index is 5.95. The van der Waals surface area contributed by atoms with Crippen LogP contribution in [0.3, 0.4) is 0 Å². The number of hydrogen-bond acceptors (Lipinski definition) is 1. The molecule has 1 rings (SSSR count). The van der Waals surface area contributed by atoms with Gasteiger partial charge in [0.1, 0.15) is 0 Å². The fraction of sp³-hybridized carbons (Fsp3) is 1.00. The molecule has 0 saturated heterocycles. The average molecular weight is 259 g/mol. The summed E-state index contributed by atoms with van der Waals surface area (Å²) in [6, 6.07) is 1.47. The molecule has 16 heavy (non-hydrogen) atoms. The minimum Gasteiger partial charge on any atom is -0.418 e. The molecule has 0 amide bonds. The fourth-order valence-corrected chi connectivity index (χ4v) is 7.01. The molecular weight excluding hydrogens is 228 g/mol. The smallest absolute Gasteiger partial charge is 0.183 e. The zero-order valence-corrected chi connectivity index (χ0v) is 13.9. The van der Waals surface area contributed by atoms with Crippen molar-refractivity contribution in [2.24, 2.45) is 0 Å². The number of hydrogen-bond donors (Lipinski definition) is 0. The van der Waals surface area contributed by atoms with E-state index in [4.69, 9.17) is 4.43 Å². The highest BCUT2D eigenvalue weighted by molar-refractivity contribution is 6.78. The van der Waals surface area contributed by atoms with Crippen molar-refractivity contribution in [1.82, 2.24) is 0 Å². The van der Waals surface area contributed by atoms with Crippen molar-refractivity contribution >= 4 is 16.4 Å². The molecule has 0 N–H and O–H groups in total. The molecule has 0 bridgehead atoms. The lowest BCUT2D eigenvalue weighted by molar-refractivity contribution is 0.310. The van der Waals surface area contributed by atoms with Crippen molar-refractivity contribution in [3.63, 3.8) is 0 Å². The van der Waals surface area contributed by atoms with Gasteiger partial charge in [-0.15, -0.1) is 0 Å². The van der Waals surface area contributed by atoms with Gasteiger partial charge in [-0.05, 0) is 31.6 Å². The van der Waals surface area contributed by atoms with Crippen molar-refractivity contribution in [1.29, 1.82) is 0 Å². The van der Waals surface area contributed by atoms with E-state index in [9.17, 15) is 0 Å². The molecule has 0 spiro atoms. The second-order valence-corrected chi connectivity index (χ2v) is 16.8. The van der Waals surface area contributed by atoms with E-state index >= 15 is 0 Å². The summed E-state index contributed by atoms with van der Waals surface area (Å²) in [5.74, 6) is 0. The Morgan fingerprint density at radius 2 is 1.56 bits per heavy atom. The lowest BCUT2D eigenvalue weighted by Gasteiger charge is -2.30. The molecular formula is C13H30OSi2. The predicted octanol–water partition coefficient (Wildman–Crippen LogP) is 4.88. The van der Waals surface area contributed by atoms with Gasteiger partial charge in [-0.2, -0.15) is 0 Å². The van der Waals surface area contributed by atoms with E-state index in [0.717, 1.165) is 12.1 Å². The first kappa shape index (κ1) is 14.5. The lowest BCUT2D eigenvalue weighted by atomic mass is 10.4. The van der Waals surface area contributed by atoms with E-state index in [1.54, 1.807) is 0 Å². The molecule has 96 valence electrons. The lowest BCUT2D eigenvalue weighted by Crippen LogP contribution is -2.32. The first-order valence-electron chi connectivity index (χ1n) is 6.95. The first-order valence-corrected chi connectivity index (χ1v) is 13.6. The van der Waals surface area contributed by atoms with Crippen LogP contribution >= 0.6 is 0 Å². The van der Waals surface area contributed by atoms with Crippen LogP contribution in [-0.4, -0.2) is 23.0 Å². The Balaban J connectivity index is 2.20. The maximum absolute atomic E-state index is 5.95. The molecule has 0 aromatic carbocycles. The Labute approximate surface area is 104 Å². The van der Waals surface area contributed by atoms with Crippen LogP contribution in [0.2, 0.25) is 44.3 Å². The summed E-state index contributed by atoms with van der Waals surface area (Å²) in [6.07, 6.45) is 7.33. The quantitative estimate of drug-likeness (QED) is 0.487. The molecule has 1 aliphatic rings. The summed E-state index contributed by atoms with van der Waals surface area (Å²) in [5.41, 5.74) is 1.11. The Bertz CT molecular complexity index is 202.